The van der Waals surface area contributed by atoms with Gasteiger partial charge in [0.2, 0.25) is 0 Å². The molecule has 0 saturated carbocycles. The van der Waals surface area contributed by atoms with E-state index < -0.39 is 15.4 Å². The number of fused-ring (bicyclic) bond motifs is 3. The van der Waals surface area contributed by atoms with Crippen molar-refractivity contribution in [3.63, 3.8) is 0 Å². The summed E-state index contributed by atoms with van der Waals surface area (Å²) in [5.41, 5.74) is 5.02. The first-order valence-corrected chi connectivity index (χ1v) is 16.2. The molecule has 0 radical (unpaired) electrons. The van der Waals surface area contributed by atoms with E-state index in [-0.39, 0.29) is 29.6 Å². The molecule has 3 rings (SSSR count). The van der Waals surface area contributed by atoms with Crippen molar-refractivity contribution in [3.8, 4) is 0 Å². The quantitative estimate of drug-likeness (QED) is 0.172. The van der Waals surface area contributed by atoms with Crippen molar-refractivity contribution in [3.05, 3.63) is 47.5 Å². The van der Waals surface area contributed by atoms with Crippen LogP contribution in [-0.4, -0.2) is 22.8 Å². The van der Waals surface area contributed by atoms with Crippen molar-refractivity contribution in [1.29, 1.82) is 0 Å². The van der Waals surface area contributed by atoms with Crippen LogP contribution in [0.15, 0.2) is 36.4 Å². The van der Waals surface area contributed by atoms with E-state index in [2.05, 4.69) is 68.7 Å². The molecule has 0 aliphatic rings. The van der Waals surface area contributed by atoms with Gasteiger partial charge in [-0.2, -0.15) is 0 Å². The van der Waals surface area contributed by atoms with Gasteiger partial charge in [0.25, 0.3) is 0 Å². The summed E-state index contributed by atoms with van der Waals surface area (Å²) in [5.74, 6) is 1.40. The Balaban J connectivity index is 0.00000507. The molecule has 0 spiro atoms. The molecular formula is C32H48NNaO3S. The summed E-state index contributed by atoms with van der Waals surface area (Å²) in [5, 5.41) is 1.60. The topological polar surface area (TPSA) is 62.1 Å². The minimum absolute atomic E-state index is 0. The Labute approximate surface area is 254 Å². The van der Waals surface area contributed by atoms with E-state index in [0.717, 1.165) is 23.9 Å². The maximum atomic E-state index is 11.6. The molecule has 0 saturated heterocycles. The van der Waals surface area contributed by atoms with Crippen LogP contribution in [0.4, 0.5) is 0 Å². The molecule has 0 aliphatic carbocycles. The number of rotatable bonds is 16. The molecule has 0 N–H and O–H groups in total. The predicted molar refractivity (Wildman–Crippen MR) is 157 cm³/mol. The summed E-state index contributed by atoms with van der Waals surface area (Å²) in [6, 6.07) is 13.7. The third-order valence-electron chi connectivity index (χ3n) is 8.38. The van der Waals surface area contributed by atoms with Crippen LogP contribution in [-0.2, 0) is 29.5 Å². The van der Waals surface area contributed by atoms with Crippen LogP contribution in [0.1, 0.15) is 104 Å². The summed E-state index contributed by atoms with van der Waals surface area (Å²) in [7, 11) is -4.29. The summed E-state index contributed by atoms with van der Waals surface area (Å²) in [6.45, 7) is 11.2. The first-order chi connectivity index (χ1) is 17.7. The first kappa shape index (κ1) is 33.4. The summed E-state index contributed by atoms with van der Waals surface area (Å²) in [6.07, 6.45) is 12.5. The monoisotopic (exact) mass is 549 g/mol. The van der Waals surface area contributed by atoms with Crippen molar-refractivity contribution in [2.24, 2.45) is 11.8 Å². The number of hydrogen-bond acceptors (Lipinski definition) is 3. The number of nitrogens with zero attached hydrogens (tertiary/aromatic N) is 1. The standard InChI is InChI=1S/C32H49NO3S.Na/c1-6-10-12-25(8-3)20-27-14-16-31-29(22-27)30-23-28(21-26(9-4)13-11-7-2)15-17-32(30)33(31)19-18-24(5)37(34,35)36;/h14-17,22-26H,6-13,18-21H2,1-5H3,(H,34,35,36);/q;+1/p-1. The van der Waals surface area contributed by atoms with E-state index in [4.69, 9.17) is 0 Å². The maximum Gasteiger partial charge on any atom is 1.00 e. The van der Waals surface area contributed by atoms with E-state index in [1.165, 1.54) is 80.2 Å². The number of unbranched alkanes of at least 4 members (excludes halogenated alkanes) is 2. The number of benzene rings is 2. The van der Waals surface area contributed by atoms with Gasteiger partial charge in [0.05, 0.1) is 10.1 Å². The van der Waals surface area contributed by atoms with E-state index in [1.807, 2.05) is 0 Å². The van der Waals surface area contributed by atoms with Crippen LogP contribution < -0.4 is 29.6 Å². The molecular weight excluding hydrogens is 501 g/mol. The maximum absolute atomic E-state index is 11.6. The van der Waals surface area contributed by atoms with Crippen molar-refractivity contribution >= 4 is 31.9 Å². The zero-order valence-corrected chi connectivity index (χ0v) is 27.6. The molecule has 3 unspecified atom stereocenters. The molecule has 0 aliphatic heterocycles. The second-order valence-corrected chi connectivity index (χ2v) is 13.0. The van der Waals surface area contributed by atoms with Gasteiger partial charge in [-0.25, -0.2) is 8.42 Å². The minimum atomic E-state index is -4.29. The fraction of sp³-hybridized carbons (Fsp3) is 0.625. The third-order valence-corrected chi connectivity index (χ3v) is 9.60. The molecule has 0 amide bonds. The van der Waals surface area contributed by atoms with Gasteiger partial charge >= 0.3 is 29.6 Å². The van der Waals surface area contributed by atoms with E-state index >= 15 is 0 Å². The van der Waals surface area contributed by atoms with Crippen molar-refractivity contribution in [2.45, 2.75) is 117 Å². The average molecular weight is 550 g/mol. The van der Waals surface area contributed by atoms with Crippen LogP contribution >= 0.6 is 0 Å². The molecule has 2 aromatic carbocycles. The van der Waals surface area contributed by atoms with Gasteiger partial charge in [-0.1, -0.05) is 91.2 Å². The minimum Gasteiger partial charge on any atom is -0.748 e. The van der Waals surface area contributed by atoms with Crippen LogP contribution in [0.25, 0.3) is 21.8 Å². The van der Waals surface area contributed by atoms with E-state index in [0.29, 0.717) is 24.8 Å². The molecule has 0 bridgehead atoms. The molecule has 38 heavy (non-hydrogen) atoms. The van der Waals surface area contributed by atoms with Crippen molar-refractivity contribution in [1.82, 2.24) is 4.57 Å². The van der Waals surface area contributed by atoms with Crippen LogP contribution in [0.5, 0.6) is 0 Å². The summed E-state index contributed by atoms with van der Waals surface area (Å²) >= 11 is 0. The first-order valence-electron chi connectivity index (χ1n) is 14.7. The Kier molecular flexibility index (Phi) is 13.9. The largest absolute Gasteiger partial charge is 1.00 e. The van der Waals surface area contributed by atoms with E-state index in [1.54, 1.807) is 0 Å². The summed E-state index contributed by atoms with van der Waals surface area (Å²) in [4.78, 5) is 0. The molecule has 0 fully saturated rings. The fourth-order valence-electron chi connectivity index (χ4n) is 5.70. The second-order valence-electron chi connectivity index (χ2n) is 11.2. The molecule has 4 nitrogen and oxygen atoms in total. The molecule has 1 aromatic heterocycles. The van der Waals surface area contributed by atoms with Gasteiger partial charge in [-0.15, -0.1) is 0 Å². The Morgan fingerprint density at radius 2 is 1.21 bits per heavy atom. The van der Waals surface area contributed by atoms with Gasteiger partial charge in [-0.3, -0.25) is 0 Å². The van der Waals surface area contributed by atoms with Gasteiger partial charge in [0, 0.05) is 33.6 Å². The van der Waals surface area contributed by atoms with Crippen molar-refractivity contribution in [2.75, 3.05) is 0 Å². The SMILES string of the molecule is CCCCC(CC)Cc1ccc2c(c1)c1cc(CC(CC)CCCC)ccc1n2CCC(C)S(=O)(=O)[O-].[Na+]. The fourth-order valence-corrected chi connectivity index (χ4v) is 6.10. The van der Waals surface area contributed by atoms with Gasteiger partial charge in [-0.05, 0) is 73.4 Å². The zero-order valence-electron chi connectivity index (χ0n) is 24.8. The molecule has 1 heterocycles. The molecule has 206 valence electrons. The number of hydrogen-bond donors (Lipinski definition) is 0. The van der Waals surface area contributed by atoms with Crippen molar-refractivity contribution < 1.29 is 42.5 Å². The Morgan fingerprint density at radius 1 is 0.763 bits per heavy atom. The van der Waals surface area contributed by atoms with Crippen LogP contribution in [0.3, 0.4) is 0 Å². The second kappa shape index (κ2) is 15.8. The molecule has 3 atom stereocenters. The average Bonchev–Trinajstić information content (AvgIpc) is 3.18. The van der Waals surface area contributed by atoms with Gasteiger partial charge < -0.3 is 9.12 Å². The van der Waals surface area contributed by atoms with E-state index in [9.17, 15) is 13.0 Å². The molecule has 6 heteroatoms. The molecule has 3 aromatic rings. The Bertz CT molecular complexity index is 1180. The Hall–Kier alpha value is -0.850. The van der Waals surface area contributed by atoms with Gasteiger partial charge in [0.15, 0.2) is 0 Å². The summed E-state index contributed by atoms with van der Waals surface area (Å²) < 4.78 is 36.9. The predicted octanol–water partition coefficient (Wildman–Crippen LogP) is 5.64. The number of aromatic nitrogens is 1. The zero-order chi connectivity index (χ0) is 27.0. The third kappa shape index (κ3) is 8.83. The smallest absolute Gasteiger partial charge is 0.748 e. The normalized spacial score (nSPS) is 14.5. The number of aryl methyl sites for hydroxylation is 1. The van der Waals surface area contributed by atoms with Crippen LogP contribution in [0, 0.1) is 11.8 Å². The Morgan fingerprint density at radius 3 is 1.58 bits per heavy atom. The van der Waals surface area contributed by atoms with Crippen LogP contribution in [0.2, 0.25) is 0 Å². The van der Waals surface area contributed by atoms with Gasteiger partial charge in [0.1, 0.15) is 0 Å².